The Morgan fingerprint density at radius 1 is 0.914 bits per heavy atom. The van der Waals surface area contributed by atoms with Gasteiger partial charge in [-0.1, -0.05) is 18.2 Å². The molecule has 7 nitrogen and oxygen atoms in total. The summed E-state index contributed by atoms with van der Waals surface area (Å²) >= 11 is 0. The Morgan fingerprint density at radius 3 is 2.69 bits per heavy atom. The zero-order valence-electron chi connectivity index (χ0n) is 19.3. The van der Waals surface area contributed by atoms with Crippen molar-refractivity contribution in [2.45, 2.75) is 6.61 Å². The molecule has 0 radical (unpaired) electrons. The summed E-state index contributed by atoms with van der Waals surface area (Å²) in [6.45, 7) is 1.55. The van der Waals surface area contributed by atoms with E-state index in [1.54, 1.807) is 13.3 Å². The lowest BCUT2D eigenvalue weighted by Gasteiger charge is -2.18. The molecule has 176 valence electrons. The van der Waals surface area contributed by atoms with Gasteiger partial charge in [-0.3, -0.25) is 10.1 Å². The van der Waals surface area contributed by atoms with E-state index in [-0.39, 0.29) is 0 Å². The lowest BCUT2D eigenvalue weighted by molar-refractivity contribution is 0.171. The SMILES string of the molecule is COc1cc(OCc2ccccn2)ccc1C=Cc1cc(C=Cc2ccc3c(c2)OCCO3)n[nH]1. The third-order valence-corrected chi connectivity index (χ3v) is 5.39. The van der Waals surface area contributed by atoms with Crippen LogP contribution in [0.25, 0.3) is 24.3 Å². The van der Waals surface area contributed by atoms with E-state index < -0.39 is 0 Å². The molecule has 0 bridgehead atoms. The third-order valence-electron chi connectivity index (χ3n) is 5.39. The van der Waals surface area contributed by atoms with Crippen molar-refractivity contribution in [1.82, 2.24) is 15.2 Å². The minimum absolute atomic E-state index is 0.399. The minimum Gasteiger partial charge on any atom is -0.496 e. The zero-order valence-corrected chi connectivity index (χ0v) is 19.3. The van der Waals surface area contributed by atoms with Crippen LogP contribution in [0, 0.1) is 0 Å². The molecule has 0 saturated heterocycles. The van der Waals surface area contributed by atoms with Crippen LogP contribution in [0.15, 0.2) is 66.9 Å². The molecule has 1 aliphatic heterocycles. The van der Waals surface area contributed by atoms with Gasteiger partial charge in [0.2, 0.25) is 0 Å². The molecule has 1 N–H and O–H groups in total. The highest BCUT2D eigenvalue weighted by atomic mass is 16.6. The van der Waals surface area contributed by atoms with Gasteiger partial charge in [0.25, 0.3) is 0 Å². The Kier molecular flexibility index (Phi) is 6.75. The van der Waals surface area contributed by atoms with Crippen molar-refractivity contribution in [2.75, 3.05) is 20.3 Å². The predicted octanol–water partition coefficient (Wildman–Crippen LogP) is 5.50. The van der Waals surface area contributed by atoms with Gasteiger partial charge < -0.3 is 18.9 Å². The number of H-pyrrole nitrogens is 1. The number of hydrogen-bond donors (Lipinski definition) is 1. The zero-order chi connectivity index (χ0) is 23.9. The molecule has 0 fully saturated rings. The second kappa shape index (κ2) is 10.6. The van der Waals surface area contributed by atoms with E-state index in [0.717, 1.165) is 51.2 Å². The van der Waals surface area contributed by atoms with E-state index in [0.29, 0.717) is 19.8 Å². The fourth-order valence-electron chi connectivity index (χ4n) is 3.61. The largest absolute Gasteiger partial charge is 0.496 e. The Balaban J connectivity index is 1.23. The first-order valence-corrected chi connectivity index (χ1v) is 11.3. The summed E-state index contributed by atoms with van der Waals surface area (Å²) in [5.74, 6) is 2.99. The Bertz CT molecular complexity index is 1350. The highest BCUT2D eigenvalue weighted by Crippen LogP contribution is 2.31. The molecular weight excluding hydrogens is 442 g/mol. The number of nitrogens with one attached hydrogen (secondary N) is 1. The molecule has 0 aliphatic carbocycles. The van der Waals surface area contributed by atoms with Crippen molar-refractivity contribution in [1.29, 1.82) is 0 Å². The first-order valence-electron chi connectivity index (χ1n) is 11.3. The standard InChI is InChI=1S/C28H25N3O4/c1-32-27-18-25(35-19-24-4-2-3-13-29-24)11-8-21(27)7-10-23-17-22(30-31-23)9-5-20-6-12-26-28(16-20)34-15-14-33-26/h2-13,16-18H,14-15,19H2,1H3,(H,30,31). The summed E-state index contributed by atoms with van der Waals surface area (Å²) in [6.07, 6.45) is 9.63. The molecule has 0 amide bonds. The fraction of sp³-hybridized carbons (Fsp3) is 0.143. The van der Waals surface area contributed by atoms with Crippen molar-refractivity contribution in [3.8, 4) is 23.0 Å². The van der Waals surface area contributed by atoms with Crippen molar-refractivity contribution in [3.63, 3.8) is 0 Å². The Hall–Kier alpha value is -4.52. The van der Waals surface area contributed by atoms with Gasteiger partial charge in [-0.2, -0.15) is 5.10 Å². The Morgan fingerprint density at radius 2 is 1.83 bits per heavy atom. The number of hydrogen-bond acceptors (Lipinski definition) is 6. The normalized spacial score (nSPS) is 12.8. The van der Waals surface area contributed by atoms with Crippen LogP contribution in [0.2, 0.25) is 0 Å². The summed E-state index contributed by atoms with van der Waals surface area (Å²) in [4.78, 5) is 4.27. The van der Waals surface area contributed by atoms with Crippen LogP contribution in [-0.2, 0) is 6.61 Å². The second-order valence-corrected chi connectivity index (χ2v) is 7.83. The van der Waals surface area contributed by atoms with E-state index in [1.165, 1.54) is 0 Å². The number of nitrogens with zero attached hydrogens (tertiary/aromatic N) is 2. The summed E-state index contributed by atoms with van der Waals surface area (Å²) in [5, 5.41) is 7.41. The summed E-state index contributed by atoms with van der Waals surface area (Å²) in [5.41, 5.74) is 4.52. The molecule has 0 saturated carbocycles. The van der Waals surface area contributed by atoms with E-state index in [2.05, 4.69) is 15.2 Å². The van der Waals surface area contributed by atoms with E-state index in [1.807, 2.05) is 85.0 Å². The number of rotatable bonds is 8. The van der Waals surface area contributed by atoms with E-state index in [4.69, 9.17) is 18.9 Å². The lowest BCUT2D eigenvalue weighted by atomic mass is 10.1. The van der Waals surface area contributed by atoms with Gasteiger partial charge in [0, 0.05) is 17.8 Å². The molecule has 3 heterocycles. The lowest BCUT2D eigenvalue weighted by Crippen LogP contribution is -2.15. The van der Waals surface area contributed by atoms with Crippen LogP contribution in [0.1, 0.15) is 28.2 Å². The number of ether oxygens (including phenoxy) is 4. The van der Waals surface area contributed by atoms with E-state index in [9.17, 15) is 0 Å². The average molecular weight is 468 g/mol. The molecule has 0 atom stereocenters. The molecular formula is C28H25N3O4. The van der Waals surface area contributed by atoms with E-state index >= 15 is 0 Å². The van der Waals surface area contributed by atoms with Crippen molar-refractivity contribution in [3.05, 3.63) is 95.1 Å². The van der Waals surface area contributed by atoms with Crippen LogP contribution in [0.3, 0.4) is 0 Å². The maximum absolute atomic E-state index is 5.84. The number of aromatic nitrogens is 3. The molecule has 2 aromatic heterocycles. The molecule has 0 unspecified atom stereocenters. The fourth-order valence-corrected chi connectivity index (χ4v) is 3.61. The van der Waals surface area contributed by atoms with Crippen molar-refractivity contribution < 1.29 is 18.9 Å². The average Bonchev–Trinajstić information content (AvgIpc) is 3.38. The first-order chi connectivity index (χ1) is 17.3. The molecule has 5 rings (SSSR count). The summed E-state index contributed by atoms with van der Waals surface area (Å²) in [7, 11) is 1.65. The Labute approximate surface area is 203 Å². The summed E-state index contributed by atoms with van der Waals surface area (Å²) < 4.78 is 22.6. The number of methoxy groups -OCH3 is 1. The smallest absolute Gasteiger partial charge is 0.161 e. The molecule has 4 aromatic rings. The molecule has 0 spiro atoms. The van der Waals surface area contributed by atoms with Gasteiger partial charge in [-0.05, 0) is 66.3 Å². The third kappa shape index (κ3) is 5.70. The molecule has 7 heteroatoms. The van der Waals surface area contributed by atoms with Crippen molar-refractivity contribution >= 4 is 24.3 Å². The number of pyridine rings is 1. The van der Waals surface area contributed by atoms with Crippen LogP contribution < -0.4 is 18.9 Å². The van der Waals surface area contributed by atoms with Gasteiger partial charge in [0.05, 0.1) is 24.2 Å². The second-order valence-electron chi connectivity index (χ2n) is 7.83. The number of benzene rings is 2. The predicted molar refractivity (Wildman–Crippen MR) is 135 cm³/mol. The van der Waals surface area contributed by atoms with Crippen LogP contribution in [0.5, 0.6) is 23.0 Å². The van der Waals surface area contributed by atoms with Crippen molar-refractivity contribution in [2.24, 2.45) is 0 Å². The quantitative estimate of drug-likeness (QED) is 0.368. The number of aromatic amines is 1. The van der Waals surface area contributed by atoms with Gasteiger partial charge in [0.15, 0.2) is 11.5 Å². The van der Waals surface area contributed by atoms with Gasteiger partial charge in [0.1, 0.15) is 31.3 Å². The van der Waals surface area contributed by atoms with Crippen LogP contribution >= 0.6 is 0 Å². The number of fused-ring (bicyclic) bond motifs is 1. The molecule has 2 aromatic carbocycles. The maximum atomic E-state index is 5.84. The minimum atomic E-state index is 0.399. The van der Waals surface area contributed by atoms with Crippen LogP contribution in [-0.4, -0.2) is 35.5 Å². The molecule has 35 heavy (non-hydrogen) atoms. The molecule has 1 aliphatic rings. The van der Waals surface area contributed by atoms with Crippen LogP contribution in [0.4, 0.5) is 0 Å². The maximum Gasteiger partial charge on any atom is 0.161 e. The monoisotopic (exact) mass is 467 g/mol. The highest BCUT2D eigenvalue weighted by Gasteiger charge is 2.10. The van der Waals surface area contributed by atoms with Gasteiger partial charge in [-0.15, -0.1) is 0 Å². The summed E-state index contributed by atoms with van der Waals surface area (Å²) in [6, 6.07) is 19.4. The topological polar surface area (TPSA) is 78.5 Å². The highest BCUT2D eigenvalue weighted by molar-refractivity contribution is 5.74. The van der Waals surface area contributed by atoms with Gasteiger partial charge in [-0.25, -0.2) is 0 Å². The first kappa shape index (κ1) is 22.3. The van der Waals surface area contributed by atoms with Gasteiger partial charge >= 0.3 is 0 Å².